The Kier molecular flexibility index (Phi) is 2.52. The van der Waals surface area contributed by atoms with Crippen molar-refractivity contribution >= 4 is 0 Å². The SMILES string of the molecule is CCCC[C@@H]1C[C@@H]1CO. The van der Waals surface area contributed by atoms with Gasteiger partial charge in [0, 0.05) is 6.61 Å². The molecule has 0 amide bonds. The Labute approximate surface area is 57.1 Å². The monoisotopic (exact) mass is 128 g/mol. The lowest BCUT2D eigenvalue weighted by Crippen LogP contribution is -1.88. The molecule has 0 saturated heterocycles. The van der Waals surface area contributed by atoms with E-state index in [9.17, 15) is 0 Å². The number of rotatable bonds is 4. The maximum absolute atomic E-state index is 8.68. The topological polar surface area (TPSA) is 20.2 Å². The van der Waals surface area contributed by atoms with Crippen LogP contribution < -0.4 is 0 Å². The fourth-order valence-electron chi connectivity index (χ4n) is 1.35. The molecule has 0 aliphatic heterocycles. The zero-order chi connectivity index (χ0) is 6.69. The van der Waals surface area contributed by atoms with Gasteiger partial charge in [-0.1, -0.05) is 26.2 Å². The molecular weight excluding hydrogens is 112 g/mol. The molecule has 0 aromatic heterocycles. The molecule has 0 radical (unpaired) electrons. The minimum absolute atomic E-state index is 0.425. The van der Waals surface area contributed by atoms with Crippen molar-refractivity contribution in [2.24, 2.45) is 11.8 Å². The highest BCUT2D eigenvalue weighted by Gasteiger charge is 2.34. The van der Waals surface area contributed by atoms with Crippen molar-refractivity contribution in [1.82, 2.24) is 0 Å². The number of hydrogen-bond donors (Lipinski definition) is 1. The highest BCUT2D eigenvalue weighted by Crippen LogP contribution is 2.41. The first-order chi connectivity index (χ1) is 4.38. The maximum atomic E-state index is 8.68. The Hall–Kier alpha value is -0.0400. The zero-order valence-electron chi connectivity index (χ0n) is 6.14. The van der Waals surface area contributed by atoms with Crippen LogP contribution in [0.4, 0.5) is 0 Å². The van der Waals surface area contributed by atoms with Crippen molar-refractivity contribution in [2.75, 3.05) is 6.61 Å². The Morgan fingerprint density at radius 2 is 2.22 bits per heavy atom. The Bertz CT molecular complexity index is 80.6. The lowest BCUT2D eigenvalue weighted by atomic mass is 10.1. The third-order valence-corrected chi connectivity index (χ3v) is 2.23. The standard InChI is InChI=1S/C8H16O/c1-2-3-4-7-5-8(7)6-9/h7-9H,2-6H2,1H3/t7-,8-/m1/s1. The summed E-state index contributed by atoms with van der Waals surface area (Å²) < 4.78 is 0. The maximum Gasteiger partial charge on any atom is 0.0462 e. The number of unbranched alkanes of at least 4 members (excludes halogenated alkanes) is 1. The van der Waals surface area contributed by atoms with Gasteiger partial charge in [0.15, 0.2) is 0 Å². The van der Waals surface area contributed by atoms with E-state index in [-0.39, 0.29) is 0 Å². The molecule has 1 fully saturated rings. The molecule has 1 rings (SSSR count). The highest BCUT2D eigenvalue weighted by molar-refractivity contribution is 4.84. The van der Waals surface area contributed by atoms with Gasteiger partial charge in [0.1, 0.15) is 0 Å². The van der Waals surface area contributed by atoms with E-state index in [0.29, 0.717) is 12.5 Å². The van der Waals surface area contributed by atoms with Gasteiger partial charge in [0.25, 0.3) is 0 Å². The first-order valence-corrected chi connectivity index (χ1v) is 3.99. The number of hydrogen-bond acceptors (Lipinski definition) is 1. The molecule has 1 N–H and O–H groups in total. The van der Waals surface area contributed by atoms with E-state index in [1.54, 1.807) is 0 Å². The first-order valence-electron chi connectivity index (χ1n) is 3.99. The molecule has 1 heteroatoms. The van der Waals surface area contributed by atoms with E-state index >= 15 is 0 Å². The summed E-state index contributed by atoms with van der Waals surface area (Å²) in [5.74, 6) is 1.56. The summed E-state index contributed by atoms with van der Waals surface area (Å²) >= 11 is 0. The van der Waals surface area contributed by atoms with Gasteiger partial charge in [-0.2, -0.15) is 0 Å². The second kappa shape index (κ2) is 3.21. The van der Waals surface area contributed by atoms with Gasteiger partial charge in [0.05, 0.1) is 0 Å². The second-order valence-corrected chi connectivity index (χ2v) is 3.08. The van der Waals surface area contributed by atoms with E-state index in [2.05, 4.69) is 6.92 Å². The Morgan fingerprint density at radius 3 is 2.67 bits per heavy atom. The molecule has 0 unspecified atom stereocenters. The number of aliphatic hydroxyl groups excluding tert-OH is 1. The van der Waals surface area contributed by atoms with Crippen molar-refractivity contribution in [2.45, 2.75) is 32.6 Å². The van der Waals surface area contributed by atoms with Gasteiger partial charge in [-0.05, 0) is 18.3 Å². The molecule has 0 aromatic rings. The van der Waals surface area contributed by atoms with Crippen molar-refractivity contribution in [1.29, 1.82) is 0 Å². The smallest absolute Gasteiger partial charge is 0.0462 e. The molecule has 1 aliphatic carbocycles. The molecule has 0 spiro atoms. The van der Waals surface area contributed by atoms with Crippen molar-refractivity contribution < 1.29 is 5.11 Å². The summed E-state index contributed by atoms with van der Waals surface area (Å²) in [5, 5.41) is 8.68. The van der Waals surface area contributed by atoms with E-state index in [1.165, 1.54) is 25.7 Å². The molecule has 0 aromatic carbocycles. The normalized spacial score (nSPS) is 32.7. The Morgan fingerprint density at radius 1 is 1.44 bits per heavy atom. The van der Waals surface area contributed by atoms with Crippen LogP contribution in [0.15, 0.2) is 0 Å². The average Bonchev–Trinajstić information content (AvgIpc) is 2.62. The predicted molar refractivity (Wildman–Crippen MR) is 38.2 cm³/mol. The summed E-state index contributed by atoms with van der Waals surface area (Å²) in [7, 11) is 0. The molecule has 0 bridgehead atoms. The van der Waals surface area contributed by atoms with Crippen LogP contribution in [0, 0.1) is 11.8 Å². The Balaban J connectivity index is 1.92. The third kappa shape index (κ3) is 1.98. The summed E-state index contributed by atoms with van der Waals surface area (Å²) in [4.78, 5) is 0. The minimum Gasteiger partial charge on any atom is -0.396 e. The van der Waals surface area contributed by atoms with Crippen LogP contribution in [0.3, 0.4) is 0 Å². The molecule has 2 atom stereocenters. The van der Waals surface area contributed by atoms with Crippen LogP contribution in [0.2, 0.25) is 0 Å². The highest BCUT2D eigenvalue weighted by atomic mass is 16.3. The molecule has 0 heterocycles. The van der Waals surface area contributed by atoms with E-state index in [1.807, 2.05) is 0 Å². The van der Waals surface area contributed by atoms with Crippen LogP contribution >= 0.6 is 0 Å². The van der Waals surface area contributed by atoms with Gasteiger partial charge in [-0.25, -0.2) is 0 Å². The molecule has 1 aliphatic rings. The van der Waals surface area contributed by atoms with Gasteiger partial charge >= 0.3 is 0 Å². The van der Waals surface area contributed by atoms with Gasteiger partial charge < -0.3 is 5.11 Å². The van der Waals surface area contributed by atoms with E-state index < -0.39 is 0 Å². The molecule has 1 saturated carbocycles. The van der Waals surface area contributed by atoms with Crippen LogP contribution in [-0.2, 0) is 0 Å². The fourth-order valence-corrected chi connectivity index (χ4v) is 1.35. The predicted octanol–water partition coefficient (Wildman–Crippen LogP) is 1.81. The molecular formula is C8H16O. The lowest BCUT2D eigenvalue weighted by Gasteiger charge is -1.93. The zero-order valence-corrected chi connectivity index (χ0v) is 6.14. The van der Waals surface area contributed by atoms with Crippen molar-refractivity contribution in [3.8, 4) is 0 Å². The van der Waals surface area contributed by atoms with Gasteiger partial charge in [0.2, 0.25) is 0 Å². The second-order valence-electron chi connectivity index (χ2n) is 3.08. The summed E-state index contributed by atoms with van der Waals surface area (Å²) in [6.45, 7) is 2.64. The minimum atomic E-state index is 0.425. The number of aliphatic hydroxyl groups is 1. The molecule has 1 nitrogen and oxygen atoms in total. The quantitative estimate of drug-likeness (QED) is 0.612. The molecule has 9 heavy (non-hydrogen) atoms. The lowest BCUT2D eigenvalue weighted by molar-refractivity contribution is 0.267. The summed E-state index contributed by atoms with van der Waals surface area (Å²) in [6.07, 6.45) is 5.29. The van der Waals surface area contributed by atoms with E-state index in [0.717, 1.165) is 5.92 Å². The van der Waals surface area contributed by atoms with E-state index in [4.69, 9.17) is 5.11 Å². The molecule has 54 valence electrons. The average molecular weight is 128 g/mol. The van der Waals surface area contributed by atoms with Gasteiger partial charge in [-0.3, -0.25) is 0 Å². The van der Waals surface area contributed by atoms with Crippen molar-refractivity contribution in [3.05, 3.63) is 0 Å². The summed E-state index contributed by atoms with van der Waals surface area (Å²) in [5.41, 5.74) is 0. The van der Waals surface area contributed by atoms with Crippen LogP contribution in [-0.4, -0.2) is 11.7 Å². The van der Waals surface area contributed by atoms with Crippen LogP contribution in [0.5, 0.6) is 0 Å². The third-order valence-electron chi connectivity index (χ3n) is 2.23. The largest absolute Gasteiger partial charge is 0.396 e. The first kappa shape index (κ1) is 7.07. The van der Waals surface area contributed by atoms with Gasteiger partial charge in [-0.15, -0.1) is 0 Å². The fraction of sp³-hybridized carbons (Fsp3) is 1.00. The summed E-state index contributed by atoms with van der Waals surface area (Å²) in [6, 6.07) is 0. The van der Waals surface area contributed by atoms with Crippen molar-refractivity contribution in [3.63, 3.8) is 0 Å². The van der Waals surface area contributed by atoms with Crippen LogP contribution in [0.25, 0.3) is 0 Å². The van der Waals surface area contributed by atoms with Crippen LogP contribution in [0.1, 0.15) is 32.6 Å².